The predicted octanol–water partition coefficient (Wildman–Crippen LogP) is 0.977. The molecule has 0 saturated heterocycles. The predicted molar refractivity (Wildman–Crippen MR) is 45.1 cm³/mol. The first-order chi connectivity index (χ1) is 5.83. The summed E-state index contributed by atoms with van der Waals surface area (Å²) in [6.07, 6.45) is 3.43. The molecule has 2 rings (SSSR count). The lowest BCUT2D eigenvalue weighted by Gasteiger charge is -1.99. The van der Waals surface area contributed by atoms with Crippen LogP contribution in [0.15, 0.2) is 18.6 Å². The lowest BCUT2D eigenvalue weighted by Crippen LogP contribution is -1.92. The maximum absolute atomic E-state index is 5.08. The standard InChI is InChI=1S/C8H9N3O/c1-11-4-3-6-7(11)9-5-10-8(6)12-2/h3-5H,1-2H3. The molecule has 0 saturated carbocycles. The Morgan fingerprint density at radius 1 is 1.42 bits per heavy atom. The molecule has 4 nitrogen and oxygen atoms in total. The van der Waals surface area contributed by atoms with Crippen LogP contribution in [0.2, 0.25) is 0 Å². The summed E-state index contributed by atoms with van der Waals surface area (Å²) in [5.74, 6) is 0.626. The number of nitrogens with zero attached hydrogens (tertiary/aromatic N) is 3. The Bertz CT molecular complexity index is 408. The number of hydrogen-bond acceptors (Lipinski definition) is 3. The summed E-state index contributed by atoms with van der Waals surface area (Å²) < 4.78 is 7.01. The van der Waals surface area contributed by atoms with E-state index in [0.29, 0.717) is 5.88 Å². The van der Waals surface area contributed by atoms with Gasteiger partial charge >= 0.3 is 0 Å². The molecule has 0 aliphatic heterocycles. The van der Waals surface area contributed by atoms with Gasteiger partial charge in [-0.3, -0.25) is 0 Å². The molecular weight excluding hydrogens is 154 g/mol. The fourth-order valence-corrected chi connectivity index (χ4v) is 1.22. The van der Waals surface area contributed by atoms with Gasteiger partial charge in [-0.05, 0) is 6.07 Å². The van der Waals surface area contributed by atoms with Crippen molar-refractivity contribution in [1.82, 2.24) is 14.5 Å². The van der Waals surface area contributed by atoms with E-state index in [1.165, 1.54) is 6.33 Å². The zero-order valence-electron chi connectivity index (χ0n) is 6.98. The van der Waals surface area contributed by atoms with Gasteiger partial charge in [-0.15, -0.1) is 0 Å². The van der Waals surface area contributed by atoms with Crippen LogP contribution in [0.1, 0.15) is 0 Å². The first-order valence-corrected chi connectivity index (χ1v) is 3.63. The number of fused-ring (bicyclic) bond motifs is 1. The van der Waals surface area contributed by atoms with E-state index in [9.17, 15) is 0 Å². The molecule has 4 heteroatoms. The molecule has 0 unspecified atom stereocenters. The van der Waals surface area contributed by atoms with Crippen molar-refractivity contribution in [3.05, 3.63) is 18.6 Å². The van der Waals surface area contributed by atoms with Crippen LogP contribution in [0.3, 0.4) is 0 Å². The SMILES string of the molecule is COc1ncnc2c1ccn2C. The molecule has 0 aliphatic rings. The first kappa shape index (κ1) is 7.09. The molecule has 0 N–H and O–H groups in total. The molecular formula is C8H9N3O. The Kier molecular flexibility index (Phi) is 1.46. The van der Waals surface area contributed by atoms with E-state index in [4.69, 9.17) is 4.74 Å². The quantitative estimate of drug-likeness (QED) is 0.629. The third kappa shape index (κ3) is 0.845. The minimum absolute atomic E-state index is 0.626. The lowest BCUT2D eigenvalue weighted by molar-refractivity contribution is 0.402. The summed E-state index contributed by atoms with van der Waals surface area (Å²) in [6.45, 7) is 0. The molecule has 0 spiro atoms. The molecule has 12 heavy (non-hydrogen) atoms. The van der Waals surface area contributed by atoms with Crippen molar-refractivity contribution in [2.24, 2.45) is 7.05 Å². The van der Waals surface area contributed by atoms with E-state index >= 15 is 0 Å². The van der Waals surface area contributed by atoms with Gasteiger partial charge in [0, 0.05) is 13.2 Å². The summed E-state index contributed by atoms with van der Waals surface area (Å²) >= 11 is 0. The molecule has 0 radical (unpaired) electrons. The maximum atomic E-state index is 5.08. The van der Waals surface area contributed by atoms with Gasteiger partial charge < -0.3 is 9.30 Å². The lowest BCUT2D eigenvalue weighted by atomic mass is 10.4. The van der Waals surface area contributed by atoms with Crippen LogP contribution >= 0.6 is 0 Å². The number of aromatic nitrogens is 3. The Morgan fingerprint density at radius 3 is 3.00 bits per heavy atom. The van der Waals surface area contributed by atoms with Crippen molar-refractivity contribution >= 4 is 11.0 Å². The summed E-state index contributed by atoms with van der Waals surface area (Å²) in [4.78, 5) is 8.11. The molecule has 0 amide bonds. The highest BCUT2D eigenvalue weighted by Crippen LogP contribution is 2.20. The zero-order chi connectivity index (χ0) is 8.55. The highest BCUT2D eigenvalue weighted by molar-refractivity contribution is 5.81. The van der Waals surface area contributed by atoms with Crippen molar-refractivity contribution in [2.45, 2.75) is 0 Å². The molecule has 0 aromatic carbocycles. The summed E-state index contributed by atoms with van der Waals surface area (Å²) in [5, 5.41) is 0.947. The number of aryl methyl sites for hydroxylation is 1. The van der Waals surface area contributed by atoms with Crippen molar-refractivity contribution in [3.63, 3.8) is 0 Å². The molecule has 0 atom stereocenters. The van der Waals surface area contributed by atoms with Gasteiger partial charge in [-0.2, -0.15) is 0 Å². The Balaban J connectivity index is 2.81. The van der Waals surface area contributed by atoms with Gasteiger partial charge in [-0.1, -0.05) is 0 Å². The van der Waals surface area contributed by atoms with Crippen LogP contribution in [0.4, 0.5) is 0 Å². The van der Waals surface area contributed by atoms with Crippen LogP contribution in [0, 0.1) is 0 Å². The molecule has 0 aliphatic carbocycles. The fourth-order valence-electron chi connectivity index (χ4n) is 1.22. The van der Waals surface area contributed by atoms with Gasteiger partial charge in [0.05, 0.1) is 12.5 Å². The van der Waals surface area contributed by atoms with Crippen LogP contribution in [0.5, 0.6) is 5.88 Å². The summed E-state index contributed by atoms with van der Waals surface area (Å²) in [7, 11) is 3.55. The average Bonchev–Trinajstić information content (AvgIpc) is 2.48. The molecule has 2 aromatic heterocycles. The summed E-state index contributed by atoms with van der Waals surface area (Å²) in [5.41, 5.74) is 0.891. The summed E-state index contributed by atoms with van der Waals surface area (Å²) in [6, 6.07) is 1.94. The van der Waals surface area contributed by atoms with Crippen molar-refractivity contribution in [1.29, 1.82) is 0 Å². The van der Waals surface area contributed by atoms with Gasteiger partial charge in [-0.25, -0.2) is 9.97 Å². The van der Waals surface area contributed by atoms with Crippen LogP contribution < -0.4 is 4.74 Å². The molecule has 2 aromatic rings. The van der Waals surface area contributed by atoms with E-state index < -0.39 is 0 Å². The van der Waals surface area contributed by atoms with Gasteiger partial charge in [0.1, 0.15) is 12.0 Å². The van der Waals surface area contributed by atoms with Crippen molar-refractivity contribution < 1.29 is 4.74 Å². The van der Waals surface area contributed by atoms with Crippen LogP contribution in [-0.2, 0) is 7.05 Å². The van der Waals surface area contributed by atoms with Crippen LogP contribution in [0.25, 0.3) is 11.0 Å². The monoisotopic (exact) mass is 163 g/mol. The van der Waals surface area contributed by atoms with E-state index in [0.717, 1.165) is 11.0 Å². The first-order valence-electron chi connectivity index (χ1n) is 3.63. The maximum Gasteiger partial charge on any atom is 0.225 e. The Labute approximate surface area is 69.8 Å². The smallest absolute Gasteiger partial charge is 0.225 e. The Hall–Kier alpha value is -1.58. The molecule has 2 heterocycles. The second-order valence-electron chi connectivity index (χ2n) is 2.55. The van der Waals surface area contributed by atoms with Crippen molar-refractivity contribution in [2.75, 3.05) is 7.11 Å². The van der Waals surface area contributed by atoms with Gasteiger partial charge in [0.15, 0.2) is 0 Å². The second kappa shape index (κ2) is 2.48. The number of rotatable bonds is 1. The van der Waals surface area contributed by atoms with E-state index in [-0.39, 0.29) is 0 Å². The van der Waals surface area contributed by atoms with Crippen LogP contribution in [-0.4, -0.2) is 21.6 Å². The van der Waals surface area contributed by atoms with Gasteiger partial charge in [0.2, 0.25) is 5.88 Å². The number of methoxy groups -OCH3 is 1. The van der Waals surface area contributed by atoms with E-state index in [1.54, 1.807) is 7.11 Å². The zero-order valence-corrected chi connectivity index (χ0v) is 6.98. The molecule has 0 fully saturated rings. The second-order valence-corrected chi connectivity index (χ2v) is 2.55. The largest absolute Gasteiger partial charge is 0.480 e. The molecule has 0 bridgehead atoms. The third-order valence-electron chi connectivity index (χ3n) is 1.82. The number of ether oxygens (including phenoxy) is 1. The molecule has 62 valence electrons. The average molecular weight is 163 g/mol. The van der Waals surface area contributed by atoms with Crippen molar-refractivity contribution in [3.8, 4) is 5.88 Å². The van der Waals surface area contributed by atoms with Gasteiger partial charge in [0.25, 0.3) is 0 Å². The normalized spacial score (nSPS) is 10.5. The van der Waals surface area contributed by atoms with E-state index in [1.807, 2.05) is 23.9 Å². The minimum Gasteiger partial charge on any atom is -0.480 e. The minimum atomic E-state index is 0.626. The van der Waals surface area contributed by atoms with E-state index in [2.05, 4.69) is 9.97 Å². The fraction of sp³-hybridized carbons (Fsp3) is 0.250. The highest BCUT2D eigenvalue weighted by atomic mass is 16.5. The highest BCUT2D eigenvalue weighted by Gasteiger charge is 2.04. The number of hydrogen-bond donors (Lipinski definition) is 0. The topological polar surface area (TPSA) is 39.9 Å². The third-order valence-corrected chi connectivity index (χ3v) is 1.82. The Morgan fingerprint density at radius 2 is 2.25 bits per heavy atom.